The Morgan fingerprint density at radius 2 is 2.06 bits per heavy atom. The minimum absolute atomic E-state index is 0.319. The van der Waals surface area contributed by atoms with E-state index in [9.17, 15) is 9.59 Å². The van der Waals surface area contributed by atoms with Crippen LogP contribution in [0.3, 0.4) is 0 Å². The van der Waals surface area contributed by atoms with Gasteiger partial charge in [-0.15, -0.1) is 11.8 Å². The van der Waals surface area contributed by atoms with Gasteiger partial charge in [-0.25, -0.2) is 4.79 Å². The van der Waals surface area contributed by atoms with Crippen molar-refractivity contribution >= 4 is 23.6 Å². The van der Waals surface area contributed by atoms with Crippen LogP contribution in [-0.2, 0) is 9.59 Å². The Balaban J connectivity index is 2.61. The molecule has 0 spiro atoms. The molecule has 0 aromatic heterocycles. The molecule has 1 aromatic rings. The van der Waals surface area contributed by atoms with Crippen molar-refractivity contribution in [2.75, 3.05) is 5.75 Å². The van der Waals surface area contributed by atoms with Gasteiger partial charge in [0.1, 0.15) is 6.04 Å². The molecule has 17 heavy (non-hydrogen) atoms. The molecule has 4 nitrogen and oxygen atoms in total. The fourth-order valence-electron chi connectivity index (χ4n) is 1.31. The van der Waals surface area contributed by atoms with Gasteiger partial charge in [0, 0.05) is 17.6 Å². The number of hydrogen-bond acceptors (Lipinski definition) is 3. The van der Waals surface area contributed by atoms with E-state index in [2.05, 4.69) is 5.32 Å². The second-order valence-electron chi connectivity index (χ2n) is 3.67. The summed E-state index contributed by atoms with van der Waals surface area (Å²) in [4.78, 5) is 22.8. The molecule has 0 saturated carbocycles. The molecule has 0 aliphatic heterocycles. The summed E-state index contributed by atoms with van der Waals surface area (Å²) in [6.45, 7) is 3.28. The van der Waals surface area contributed by atoms with E-state index in [4.69, 9.17) is 5.11 Å². The SMILES string of the molecule is CC(=O)N[C@@H](CSc1ccccc1C)C(=O)O. The van der Waals surface area contributed by atoms with Crippen LogP contribution in [0.5, 0.6) is 0 Å². The standard InChI is InChI=1S/C12H15NO3S/c1-8-5-3-4-6-11(8)17-7-10(12(15)16)13-9(2)14/h3-6,10H,7H2,1-2H3,(H,13,14)(H,15,16)/t10-/m0/s1. The lowest BCUT2D eigenvalue weighted by Crippen LogP contribution is -2.41. The van der Waals surface area contributed by atoms with Crippen LogP contribution < -0.4 is 5.32 Å². The first kappa shape index (κ1) is 13.6. The Labute approximate surface area is 104 Å². The Kier molecular flexibility index (Phi) is 5.03. The fourth-order valence-corrected chi connectivity index (χ4v) is 2.35. The van der Waals surface area contributed by atoms with Gasteiger partial charge in [-0.2, -0.15) is 0 Å². The Morgan fingerprint density at radius 1 is 1.41 bits per heavy atom. The van der Waals surface area contributed by atoms with Crippen molar-refractivity contribution in [3.63, 3.8) is 0 Å². The molecule has 5 heteroatoms. The molecule has 0 radical (unpaired) electrons. The van der Waals surface area contributed by atoms with E-state index in [0.29, 0.717) is 5.75 Å². The third kappa shape index (κ3) is 4.48. The molecule has 0 aliphatic rings. The highest BCUT2D eigenvalue weighted by atomic mass is 32.2. The van der Waals surface area contributed by atoms with Gasteiger partial charge < -0.3 is 10.4 Å². The Hall–Kier alpha value is -1.49. The molecular formula is C12H15NO3S. The summed E-state index contributed by atoms with van der Waals surface area (Å²) in [6, 6.07) is 6.89. The predicted octanol–water partition coefficient (Wildman–Crippen LogP) is 1.68. The highest BCUT2D eigenvalue weighted by Gasteiger charge is 2.18. The van der Waals surface area contributed by atoms with Gasteiger partial charge in [0.05, 0.1) is 0 Å². The number of carbonyl (C=O) groups is 2. The van der Waals surface area contributed by atoms with Crippen LogP contribution in [0.1, 0.15) is 12.5 Å². The number of carboxylic acid groups (broad SMARTS) is 1. The first-order chi connectivity index (χ1) is 8.00. The van der Waals surface area contributed by atoms with Crippen molar-refractivity contribution in [1.82, 2.24) is 5.32 Å². The van der Waals surface area contributed by atoms with Crippen molar-refractivity contribution in [2.45, 2.75) is 24.8 Å². The number of carboxylic acids is 1. The number of rotatable bonds is 5. The fraction of sp³-hybridized carbons (Fsp3) is 0.333. The number of hydrogen-bond donors (Lipinski definition) is 2. The van der Waals surface area contributed by atoms with Crippen molar-refractivity contribution < 1.29 is 14.7 Å². The Bertz CT molecular complexity index is 420. The number of amides is 1. The predicted molar refractivity (Wildman–Crippen MR) is 67.1 cm³/mol. The number of benzene rings is 1. The highest BCUT2D eigenvalue weighted by molar-refractivity contribution is 7.99. The molecule has 0 saturated heterocycles. The number of carbonyl (C=O) groups excluding carboxylic acids is 1. The third-order valence-corrected chi connectivity index (χ3v) is 3.44. The maximum Gasteiger partial charge on any atom is 0.327 e. The highest BCUT2D eigenvalue weighted by Crippen LogP contribution is 2.22. The average molecular weight is 253 g/mol. The first-order valence-electron chi connectivity index (χ1n) is 5.19. The van der Waals surface area contributed by atoms with E-state index in [-0.39, 0.29) is 5.91 Å². The molecule has 92 valence electrons. The largest absolute Gasteiger partial charge is 0.480 e. The molecule has 0 aliphatic carbocycles. The van der Waals surface area contributed by atoms with Gasteiger partial charge >= 0.3 is 5.97 Å². The summed E-state index contributed by atoms with van der Waals surface area (Å²) in [5.74, 6) is -1.02. The molecule has 1 atom stereocenters. The smallest absolute Gasteiger partial charge is 0.327 e. The number of aliphatic carboxylic acids is 1. The zero-order valence-corrected chi connectivity index (χ0v) is 10.6. The lowest BCUT2D eigenvalue weighted by atomic mass is 10.2. The van der Waals surface area contributed by atoms with Crippen LogP contribution in [-0.4, -0.2) is 28.8 Å². The molecule has 1 amide bonds. The van der Waals surface area contributed by atoms with E-state index in [0.717, 1.165) is 10.5 Å². The van der Waals surface area contributed by atoms with Gasteiger partial charge in [-0.1, -0.05) is 18.2 Å². The minimum Gasteiger partial charge on any atom is -0.480 e. The lowest BCUT2D eigenvalue weighted by Gasteiger charge is -2.13. The molecule has 1 rings (SSSR count). The quantitative estimate of drug-likeness (QED) is 0.783. The van der Waals surface area contributed by atoms with Gasteiger partial charge in [-0.05, 0) is 18.6 Å². The van der Waals surface area contributed by atoms with Crippen molar-refractivity contribution in [3.05, 3.63) is 29.8 Å². The zero-order valence-electron chi connectivity index (χ0n) is 9.77. The van der Waals surface area contributed by atoms with Crippen LogP contribution in [0.2, 0.25) is 0 Å². The summed E-state index contributed by atoms with van der Waals surface area (Å²) in [5.41, 5.74) is 1.10. The maximum atomic E-state index is 10.9. The minimum atomic E-state index is -1.01. The summed E-state index contributed by atoms with van der Waals surface area (Å²) < 4.78 is 0. The summed E-state index contributed by atoms with van der Waals surface area (Å²) in [6.07, 6.45) is 0. The molecule has 1 aromatic carbocycles. The van der Waals surface area contributed by atoms with Gasteiger partial charge in [0.25, 0.3) is 0 Å². The van der Waals surface area contributed by atoms with E-state index in [1.54, 1.807) is 0 Å². The summed E-state index contributed by atoms with van der Waals surface area (Å²) >= 11 is 1.43. The van der Waals surface area contributed by atoms with Crippen molar-refractivity contribution in [1.29, 1.82) is 0 Å². The molecule has 0 bridgehead atoms. The van der Waals surface area contributed by atoms with E-state index >= 15 is 0 Å². The monoisotopic (exact) mass is 253 g/mol. The molecule has 2 N–H and O–H groups in total. The summed E-state index contributed by atoms with van der Waals surface area (Å²) in [7, 11) is 0. The van der Waals surface area contributed by atoms with Gasteiger partial charge in [0.15, 0.2) is 0 Å². The van der Waals surface area contributed by atoms with E-state index in [1.807, 2.05) is 31.2 Å². The van der Waals surface area contributed by atoms with Crippen LogP contribution in [0, 0.1) is 6.92 Å². The second kappa shape index (κ2) is 6.30. The normalized spacial score (nSPS) is 11.9. The van der Waals surface area contributed by atoms with Crippen molar-refractivity contribution in [2.24, 2.45) is 0 Å². The van der Waals surface area contributed by atoms with Crippen LogP contribution in [0.4, 0.5) is 0 Å². The van der Waals surface area contributed by atoms with Crippen LogP contribution >= 0.6 is 11.8 Å². The first-order valence-corrected chi connectivity index (χ1v) is 6.17. The Morgan fingerprint density at radius 3 is 2.59 bits per heavy atom. The number of nitrogens with one attached hydrogen (secondary N) is 1. The van der Waals surface area contributed by atoms with E-state index in [1.165, 1.54) is 18.7 Å². The number of aryl methyl sites for hydroxylation is 1. The summed E-state index contributed by atoms with van der Waals surface area (Å²) in [5, 5.41) is 11.4. The number of thioether (sulfide) groups is 1. The second-order valence-corrected chi connectivity index (χ2v) is 4.73. The van der Waals surface area contributed by atoms with E-state index < -0.39 is 12.0 Å². The van der Waals surface area contributed by atoms with Gasteiger partial charge in [-0.3, -0.25) is 4.79 Å². The molecule has 0 fully saturated rings. The third-order valence-electron chi connectivity index (χ3n) is 2.17. The topological polar surface area (TPSA) is 66.4 Å². The van der Waals surface area contributed by atoms with Gasteiger partial charge in [0.2, 0.25) is 5.91 Å². The zero-order chi connectivity index (χ0) is 12.8. The maximum absolute atomic E-state index is 10.9. The van der Waals surface area contributed by atoms with Crippen LogP contribution in [0.15, 0.2) is 29.2 Å². The molecule has 0 unspecified atom stereocenters. The van der Waals surface area contributed by atoms with Crippen LogP contribution in [0.25, 0.3) is 0 Å². The van der Waals surface area contributed by atoms with Crippen molar-refractivity contribution in [3.8, 4) is 0 Å². The lowest BCUT2D eigenvalue weighted by molar-refractivity contribution is -0.140. The average Bonchev–Trinajstić information content (AvgIpc) is 2.25. The molecular weight excluding hydrogens is 238 g/mol. The molecule has 0 heterocycles.